The number of thiophene rings is 1. The Morgan fingerprint density at radius 3 is 2.68 bits per heavy atom. The molecule has 1 aliphatic rings. The summed E-state index contributed by atoms with van der Waals surface area (Å²) in [5.74, 6) is 0. The van der Waals surface area contributed by atoms with Crippen LogP contribution in [0.15, 0.2) is 32.6 Å². The third kappa shape index (κ3) is 3.45. The maximum absolute atomic E-state index is 12.4. The first-order chi connectivity index (χ1) is 10.5. The van der Waals surface area contributed by atoms with Crippen LogP contribution in [0.3, 0.4) is 0 Å². The van der Waals surface area contributed by atoms with Gasteiger partial charge < -0.3 is 0 Å². The number of aromatic nitrogens is 2. The topological polar surface area (TPSA) is 91.9 Å². The normalized spacial score (nSPS) is 16.7. The van der Waals surface area contributed by atoms with Crippen molar-refractivity contribution in [2.45, 2.75) is 42.4 Å². The fourth-order valence-electron chi connectivity index (χ4n) is 2.59. The minimum Gasteiger partial charge on any atom is -0.268 e. The van der Waals surface area contributed by atoms with Crippen molar-refractivity contribution in [2.75, 3.05) is 0 Å². The van der Waals surface area contributed by atoms with Crippen molar-refractivity contribution >= 4 is 21.4 Å². The highest BCUT2D eigenvalue weighted by atomic mass is 32.2. The second kappa shape index (κ2) is 6.31. The Hall–Kier alpha value is -1.51. The van der Waals surface area contributed by atoms with Crippen molar-refractivity contribution < 1.29 is 8.42 Å². The molecule has 0 bridgehead atoms. The second-order valence-corrected chi connectivity index (χ2v) is 8.27. The van der Waals surface area contributed by atoms with Crippen LogP contribution in [0.25, 0.3) is 11.3 Å². The Kier molecular flexibility index (Phi) is 4.42. The van der Waals surface area contributed by atoms with Gasteiger partial charge in [0.1, 0.15) is 4.21 Å². The van der Waals surface area contributed by atoms with E-state index in [-0.39, 0.29) is 15.8 Å². The average molecular weight is 339 g/mol. The summed E-state index contributed by atoms with van der Waals surface area (Å²) in [7, 11) is -3.49. The molecule has 0 spiro atoms. The van der Waals surface area contributed by atoms with Crippen LogP contribution in [0, 0.1) is 0 Å². The molecule has 8 heteroatoms. The quantitative estimate of drug-likeness (QED) is 0.892. The third-order valence-corrected chi connectivity index (χ3v) is 6.70. The van der Waals surface area contributed by atoms with Gasteiger partial charge in [-0.2, -0.15) is 5.10 Å². The van der Waals surface area contributed by atoms with Crippen LogP contribution in [-0.4, -0.2) is 24.7 Å². The van der Waals surface area contributed by atoms with Crippen molar-refractivity contribution in [1.29, 1.82) is 0 Å². The largest absolute Gasteiger partial charge is 0.268 e. The Bertz CT molecular complexity index is 784. The molecule has 1 saturated carbocycles. The number of H-pyrrole nitrogens is 1. The van der Waals surface area contributed by atoms with Gasteiger partial charge in [0.2, 0.25) is 10.0 Å². The number of nitrogens with one attached hydrogen (secondary N) is 2. The maximum atomic E-state index is 12.4. The summed E-state index contributed by atoms with van der Waals surface area (Å²) in [5.41, 5.74) is 0.950. The lowest BCUT2D eigenvalue weighted by molar-refractivity contribution is 0.412. The highest BCUT2D eigenvalue weighted by molar-refractivity contribution is 7.91. The molecule has 2 aromatic heterocycles. The van der Waals surface area contributed by atoms with Crippen LogP contribution in [-0.2, 0) is 10.0 Å². The lowest BCUT2D eigenvalue weighted by Gasteiger charge is -2.22. The highest BCUT2D eigenvalue weighted by Crippen LogP contribution is 2.28. The van der Waals surface area contributed by atoms with E-state index in [1.54, 1.807) is 17.5 Å². The highest BCUT2D eigenvalue weighted by Gasteiger charge is 2.23. The van der Waals surface area contributed by atoms with E-state index in [0.717, 1.165) is 37.0 Å². The lowest BCUT2D eigenvalue weighted by Crippen LogP contribution is -2.35. The molecule has 1 aliphatic carbocycles. The van der Waals surface area contributed by atoms with Crippen molar-refractivity contribution in [1.82, 2.24) is 14.9 Å². The number of nitrogens with zero attached hydrogens (tertiary/aromatic N) is 1. The first-order valence-corrected chi connectivity index (χ1v) is 9.58. The summed E-state index contributed by atoms with van der Waals surface area (Å²) >= 11 is 1.16. The molecule has 0 saturated heterocycles. The molecule has 2 aromatic rings. The molecule has 0 aliphatic heterocycles. The van der Waals surface area contributed by atoms with Crippen molar-refractivity contribution in [3.8, 4) is 11.3 Å². The molecular weight excluding hydrogens is 322 g/mol. The number of hydrogen-bond donors (Lipinski definition) is 2. The summed E-state index contributed by atoms with van der Waals surface area (Å²) in [6, 6.07) is 4.58. The molecule has 0 atom stereocenters. The molecule has 118 valence electrons. The standard InChI is InChI=1S/C14H17N3O3S2/c18-13-7-6-12(15-16-13)10-8-14(21-9-10)22(19,20)17-11-4-2-1-3-5-11/h6-9,11,17H,1-5H2,(H,16,18). The van der Waals surface area contributed by atoms with Gasteiger partial charge in [0.15, 0.2) is 0 Å². The van der Waals surface area contributed by atoms with Crippen LogP contribution in [0.2, 0.25) is 0 Å². The van der Waals surface area contributed by atoms with Crippen molar-refractivity contribution in [3.05, 3.63) is 33.9 Å². The predicted octanol–water partition coefficient (Wildman–Crippen LogP) is 2.11. The maximum Gasteiger partial charge on any atom is 0.264 e. The fraction of sp³-hybridized carbons (Fsp3) is 0.429. The SMILES string of the molecule is O=c1ccc(-c2csc(S(=O)(=O)NC3CCCCC3)c2)n[nH]1. The molecule has 0 aromatic carbocycles. The Balaban J connectivity index is 1.79. The van der Waals surface area contributed by atoms with E-state index in [0.29, 0.717) is 11.3 Å². The van der Waals surface area contributed by atoms with E-state index in [1.165, 1.54) is 12.5 Å². The van der Waals surface area contributed by atoms with Crippen LogP contribution in [0.1, 0.15) is 32.1 Å². The van der Waals surface area contributed by atoms with Crippen LogP contribution in [0.4, 0.5) is 0 Å². The summed E-state index contributed by atoms with van der Waals surface area (Å²) < 4.78 is 27.9. The molecule has 22 heavy (non-hydrogen) atoms. The molecule has 0 radical (unpaired) electrons. The molecule has 0 amide bonds. The Labute approximate surface area is 132 Å². The van der Waals surface area contributed by atoms with Gasteiger partial charge in [-0.15, -0.1) is 11.3 Å². The Morgan fingerprint density at radius 1 is 1.23 bits per heavy atom. The van der Waals surface area contributed by atoms with Crippen molar-refractivity contribution in [2.24, 2.45) is 0 Å². The van der Waals surface area contributed by atoms with Crippen LogP contribution in [0.5, 0.6) is 0 Å². The average Bonchev–Trinajstić information content (AvgIpc) is 2.99. The monoisotopic (exact) mass is 339 g/mol. The van der Waals surface area contributed by atoms with E-state index in [9.17, 15) is 13.2 Å². The molecule has 3 rings (SSSR count). The van der Waals surface area contributed by atoms with E-state index < -0.39 is 10.0 Å². The molecule has 1 fully saturated rings. The van der Waals surface area contributed by atoms with Gasteiger partial charge in [-0.1, -0.05) is 19.3 Å². The Morgan fingerprint density at radius 2 is 2.00 bits per heavy atom. The predicted molar refractivity (Wildman–Crippen MR) is 85.4 cm³/mol. The summed E-state index contributed by atoms with van der Waals surface area (Å²) in [6.07, 6.45) is 5.13. The van der Waals surface area contributed by atoms with Crippen LogP contribution >= 0.6 is 11.3 Å². The summed E-state index contributed by atoms with van der Waals surface area (Å²) in [5, 5.41) is 7.99. The molecule has 2 heterocycles. The van der Waals surface area contributed by atoms with E-state index in [1.807, 2.05) is 0 Å². The number of aromatic amines is 1. The van der Waals surface area contributed by atoms with Gasteiger partial charge in [0.05, 0.1) is 5.69 Å². The first kappa shape index (κ1) is 15.4. The van der Waals surface area contributed by atoms with E-state index >= 15 is 0 Å². The van der Waals surface area contributed by atoms with Gasteiger partial charge >= 0.3 is 0 Å². The lowest BCUT2D eigenvalue weighted by atomic mass is 9.96. The van der Waals surface area contributed by atoms with Gasteiger partial charge in [-0.05, 0) is 25.0 Å². The minimum absolute atomic E-state index is 0.0375. The van der Waals surface area contributed by atoms with E-state index in [2.05, 4.69) is 14.9 Å². The molecular formula is C14H17N3O3S2. The number of sulfonamides is 1. The van der Waals surface area contributed by atoms with Crippen molar-refractivity contribution in [3.63, 3.8) is 0 Å². The fourth-order valence-corrected chi connectivity index (χ4v) is 5.09. The van der Waals surface area contributed by atoms with Gasteiger partial charge in [0.25, 0.3) is 5.56 Å². The number of rotatable bonds is 4. The molecule has 2 N–H and O–H groups in total. The molecule has 6 nitrogen and oxygen atoms in total. The zero-order chi connectivity index (χ0) is 15.6. The van der Waals surface area contributed by atoms with Gasteiger partial charge in [-0.25, -0.2) is 18.2 Å². The first-order valence-electron chi connectivity index (χ1n) is 7.21. The second-order valence-electron chi connectivity index (χ2n) is 5.42. The summed E-state index contributed by atoms with van der Waals surface area (Å²) in [4.78, 5) is 11.0. The third-order valence-electron chi connectivity index (χ3n) is 3.74. The van der Waals surface area contributed by atoms with Gasteiger partial charge in [0, 0.05) is 23.1 Å². The number of hydrogen-bond acceptors (Lipinski definition) is 5. The van der Waals surface area contributed by atoms with E-state index in [4.69, 9.17) is 0 Å². The van der Waals surface area contributed by atoms with Gasteiger partial charge in [-0.3, -0.25) is 4.79 Å². The summed E-state index contributed by atoms with van der Waals surface area (Å²) in [6.45, 7) is 0. The van der Waals surface area contributed by atoms with Crippen LogP contribution < -0.4 is 10.3 Å². The minimum atomic E-state index is -3.49. The zero-order valence-electron chi connectivity index (χ0n) is 11.9. The molecule has 0 unspecified atom stereocenters. The zero-order valence-corrected chi connectivity index (χ0v) is 13.5. The smallest absolute Gasteiger partial charge is 0.264 e.